The zero-order valence-electron chi connectivity index (χ0n) is 14.6. The van der Waals surface area contributed by atoms with E-state index >= 15 is 0 Å². The Balaban J connectivity index is 1.69. The van der Waals surface area contributed by atoms with Crippen molar-refractivity contribution in [2.75, 3.05) is 38.9 Å². The summed E-state index contributed by atoms with van der Waals surface area (Å²) in [5, 5.41) is 0. The molecule has 0 unspecified atom stereocenters. The van der Waals surface area contributed by atoms with E-state index in [0.29, 0.717) is 13.2 Å². The van der Waals surface area contributed by atoms with Gasteiger partial charge in [-0.25, -0.2) is 0 Å². The Bertz CT molecular complexity index is 533. The lowest BCUT2D eigenvalue weighted by atomic mass is 10.4. The summed E-state index contributed by atoms with van der Waals surface area (Å²) in [6.07, 6.45) is 0. The van der Waals surface area contributed by atoms with Gasteiger partial charge < -0.3 is 17.7 Å². The first-order valence-corrected chi connectivity index (χ1v) is 11.6. The molecule has 0 atom stereocenters. The van der Waals surface area contributed by atoms with Gasteiger partial charge in [-0.05, 0) is 24.3 Å². The number of thioether (sulfide) groups is 2. The first-order valence-electron chi connectivity index (χ1n) is 8.02. The van der Waals surface area contributed by atoms with Crippen molar-refractivity contribution in [2.24, 2.45) is 0 Å². The highest BCUT2D eigenvalue weighted by Gasteiger charge is 2.43. The summed E-state index contributed by atoms with van der Waals surface area (Å²) in [5.74, 6) is 1.63. The Hall–Kier alpha value is -0.803. The van der Waals surface area contributed by atoms with Gasteiger partial charge in [0.1, 0.15) is 0 Å². The number of hydrogen-bond donors (Lipinski definition) is 0. The number of benzene rings is 2. The van der Waals surface area contributed by atoms with E-state index in [9.17, 15) is 0 Å². The standard InChI is InChI=1S/C18H24O4S2Si/c1-19-25(20-2,21-13-15-23-17-9-5-3-6-10-17)22-14-16-24-18-11-7-4-8-12-18/h3-12H,13-16H2,1-2H3. The minimum Gasteiger partial charge on any atom is -0.355 e. The average Bonchev–Trinajstić information content (AvgIpc) is 2.69. The van der Waals surface area contributed by atoms with Crippen LogP contribution in [0.4, 0.5) is 0 Å². The molecule has 0 heterocycles. The molecule has 2 rings (SSSR count). The Morgan fingerprint density at radius 1 is 0.680 bits per heavy atom. The molecule has 0 spiro atoms. The van der Waals surface area contributed by atoms with Crippen LogP contribution in [0.5, 0.6) is 0 Å². The fourth-order valence-corrected chi connectivity index (χ4v) is 5.27. The van der Waals surface area contributed by atoms with E-state index in [-0.39, 0.29) is 0 Å². The zero-order valence-corrected chi connectivity index (χ0v) is 17.2. The molecule has 0 radical (unpaired) electrons. The summed E-state index contributed by atoms with van der Waals surface area (Å²) in [6.45, 7) is 1.03. The molecule has 0 N–H and O–H groups in total. The Labute approximate surface area is 159 Å². The molecule has 7 heteroatoms. The number of hydrogen-bond acceptors (Lipinski definition) is 6. The van der Waals surface area contributed by atoms with Gasteiger partial charge in [0.05, 0.1) is 13.2 Å². The van der Waals surface area contributed by atoms with E-state index in [2.05, 4.69) is 24.3 Å². The molecule has 4 nitrogen and oxygen atoms in total. The normalized spacial score (nSPS) is 11.6. The largest absolute Gasteiger partial charge is 0.679 e. The van der Waals surface area contributed by atoms with Gasteiger partial charge in [0, 0.05) is 35.5 Å². The van der Waals surface area contributed by atoms with E-state index in [4.69, 9.17) is 17.7 Å². The molecule has 25 heavy (non-hydrogen) atoms. The molecule has 2 aromatic rings. The van der Waals surface area contributed by atoms with E-state index < -0.39 is 9.05 Å². The Morgan fingerprint density at radius 3 is 1.44 bits per heavy atom. The molecular formula is C18H24O4S2Si. The highest BCUT2D eigenvalue weighted by molar-refractivity contribution is 7.99. The molecule has 0 aliphatic heterocycles. The summed E-state index contributed by atoms with van der Waals surface area (Å²) in [5.41, 5.74) is 0. The second-order valence-corrected chi connectivity index (χ2v) is 9.66. The van der Waals surface area contributed by atoms with Crippen molar-refractivity contribution in [3.05, 3.63) is 60.7 Å². The molecule has 0 saturated carbocycles. The van der Waals surface area contributed by atoms with Gasteiger partial charge in [0.25, 0.3) is 0 Å². The molecule has 2 aromatic carbocycles. The second-order valence-electron chi connectivity index (χ2n) is 4.93. The minimum atomic E-state index is -3.05. The molecule has 136 valence electrons. The first kappa shape index (κ1) is 20.5. The summed E-state index contributed by atoms with van der Waals surface area (Å²) in [7, 11) is 0.101. The van der Waals surface area contributed by atoms with Crippen LogP contribution in [0.1, 0.15) is 0 Å². The molecule has 0 aliphatic rings. The van der Waals surface area contributed by atoms with E-state index in [1.807, 2.05) is 36.4 Å². The minimum absolute atomic E-state index is 0.513. The van der Waals surface area contributed by atoms with Crippen LogP contribution in [-0.2, 0) is 17.7 Å². The van der Waals surface area contributed by atoms with Gasteiger partial charge in [-0.2, -0.15) is 0 Å². The first-order chi connectivity index (χ1) is 12.3. The van der Waals surface area contributed by atoms with Crippen molar-refractivity contribution in [3.63, 3.8) is 0 Å². The summed E-state index contributed by atoms with van der Waals surface area (Å²) in [4.78, 5) is 2.43. The lowest BCUT2D eigenvalue weighted by Gasteiger charge is -2.24. The van der Waals surface area contributed by atoms with Crippen LogP contribution in [0.3, 0.4) is 0 Å². The van der Waals surface area contributed by atoms with Crippen molar-refractivity contribution in [3.8, 4) is 0 Å². The lowest BCUT2D eigenvalue weighted by Crippen LogP contribution is -2.48. The van der Waals surface area contributed by atoms with Gasteiger partial charge in [0.2, 0.25) is 0 Å². The maximum absolute atomic E-state index is 5.84. The molecule has 0 fully saturated rings. The molecule has 0 aliphatic carbocycles. The average molecular weight is 397 g/mol. The highest BCUT2D eigenvalue weighted by atomic mass is 32.2. The van der Waals surface area contributed by atoms with Gasteiger partial charge in [-0.3, -0.25) is 0 Å². The van der Waals surface area contributed by atoms with Crippen LogP contribution in [0.15, 0.2) is 70.5 Å². The van der Waals surface area contributed by atoms with Gasteiger partial charge in [0.15, 0.2) is 0 Å². The van der Waals surface area contributed by atoms with Crippen molar-refractivity contribution in [2.45, 2.75) is 9.79 Å². The van der Waals surface area contributed by atoms with E-state index in [1.54, 1.807) is 37.7 Å². The van der Waals surface area contributed by atoms with Crippen LogP contribution < -0.4 is 0 Å². The third-order valence-corrected chi connectivity index (χ3v) is 7.32. The third kappa shape index (κ3) is 7.53. The Morgan fingerprint density at radius 2 is 1.08 bits per heavy atom. The summed E-state index contributed by atoms with van der Waals surface area (Å²) in [6, 6.07) is 20.5. The fourth-order valence-electron chi connectivity index (χ4n) is 2.05. The van der Waals surface area contributed by atoms with Crippen LogP contribution in [0.2, 0.25) is 0 Å². The molecule has 0 amide bonds. The predicted octanol–water partition coefficient (Wildman–Crippen LogP) is 4.33. The van der Waals surface area contributed by atoms with Crippen LogP contribution in [-0.4, -0.2) is 48.0 Å². The number of rotatable bonds is 12. The fraction of sp³-hybridized carbons (Fsp3) is 0.333. The van der Waals surface area contributed by atoms with Crippen molar-refractivity contribution < 1.29 is 17.7 Å². The molecule has 0 saturated heterocycles. The van der Waals surface area contributed by atoms with Gasteiger partial charge >= 0.3 is 9.05 Å². The zero-order chi connectivity index (χ0) is 17.8. The Kier molecular flexibility index (Phi) is 9.63. The highest BCUT2D eigenvalue weighted by Crippen LogP contribution is 2.20. The van der Waals surface area contributed by atoms with Gasteiger partial charge in [-0.1, -0.05) is 36.4 Å². The van der Waals surface area contributed by atoms with Crippen LogP contribution in [0, 0.1) is 0 Å². The smallest absolute Gasteiger partial charge is 0.355 e. The van der Waals surface area contributed by atoms with Crippen molar-refractivity contribution in [1.82, 2.24) is 0 Å². The maximum Gasteiger partial charge on any atom is 0.679 e. The second kappa shape index (κ2) is 11.7. The lowest BCUT2D eigenvalue weighted by molar-refractivity contribution is -0.00153. The monoisotopic (exact) mass is 396 g/mol. The van der Waals surface area contributed by atoms with Gasteiger partial charge in [-0.15, -0.1) is 23.5 Å². The predicted molar refractivity (Wildman–Crippen MR) is 106 cm³/mol. The SMILES string of the molecule is CO[Si](OC)(OCCSc1ccccc1)OCCSc1ccccc1. The molecule has 0 bridgehead atoms. The van der Waals surface area contributed by atoms with Crippen LogP contribution in [0.25, 0.3) is 0 Å². The maximum atomic E-state index is 5.84. The summed E-state index contributed by atoms with van der Waals surface area (Å²) < 4.78 is 22.6. The summed E-state index contributed by atoms with van der Waals surface area (Å²) >= 11 is 3.47. The topological polar surface area (TPSA) is 36.9 Å². The third-order valence-electron chi connectivity index (χ3n) is 3.25. The van der Waals surface area contributed by atoms with Crippen molar-refractivity contribution in [1.29, 1.82) is 0 Å². The van der Waals surface area contributed by atoms with E-state index in [1.165, 1.54) is 9.79 Å². The van der Waals surface area contributed by atoms with Crippen LogP contribution >= 0.6 is 23.5 Å². The quantitative estimate of drug-likeness (QED) is 0.302. The van der Waals surface area contributed by atoms with Crippen molar-refractivity contribution >= 4 is 32.6 Å². The molecular weight excluding hydrogens is 372 g/mol. The van der Waals surface area contributed by atoms with E-state index in [0.717, 1.165) is 11.5 Å². The molecule has 0 aromatic heterocycles.